The van der Waals surface area contributed by atoms with Crippen LogP contribution in [0.1, 0.15) is 26.2 Å². The summed E-state index contributed by atoms with van der Waals surface area (Å²) in [4.78, 5) is 24.7. The fourth-order valence-electron chi connectivity index (χ4n) is 2.11. The van der Waals surface area contributed by atoms with Gasteiger partial charge >= 0.3 is 12.0 Å². The van der Waals surface area contributed by atoms with E-state index in [1.807, 2.05) is 6.26 Å². The molecular weight excluding hydrogens is 252 g/mol. The average molecular weight is 274 g/mol. The first-order valence-electron chi connectivity index (χ1n) is 6.31. The Kier molecular flexibility index (Phi) is 6.32. The number of carbonyl (C=O) groups is 2. The fourth-order valence-corrected chi connectivity index (χ4v) is 2.58. The average Bonchev–Trinajstić information content (AvgIpc) is 2.33. The minimum absolute atomic E-state index is 0.241. The summed E-state index contributed by atoms with van der Waals surface area (Å²) in [6.45, 7) is 3.56. The second kappa shape index (κ2) is 7.51. The number of urea groups is 1. The quantitative estimate of drug-likeness (QED) is 0.799. The number of hydrogen-bond acceptors (Lipinski definition) is 3. The van der Waals surface area contributed by atoms with Crippen LogP contribution in [0.15, 0.2) is 0 Å². The van der Waals surface area contributed by atoms with Gasteiger partial charge in [-0.3, -0.25) is 0 Å². The molecule has 18 heavy (non-hydrogen) atoms. The van der Waals surface area contributed by atoms with Crippen molar-refractivity contribution < 1.29 is 14.7 Å². The molecule has 1 saturated heterocycles. The van der Waals surface area contributed by atoms with E-state index in [9.17, 15) is 9.59 Å². The van der Waals surface area contributed by atoms with Crippen molar-refractivity contribution in [2.45, 2.75) is 32.2 Å². The van der Waals surface area contributed by atoms with Crippen LogP contribution in [-0.2, 0) is 4.79 Å². The monoisotopic (exact) mass is 274 g/mol. The van der Waals surface area contributed by atoms with Gasteiger partial charge in [0.1, 0.15) is 6.04 Å². The summed E-state index contributed by atoms with van der Waals surface area (Å²) < 4.78 is 0. The van der Waals surface area contributed by atoms with Gasteiger partial charge in [-0.25, -0.2) is 9.59 Å². The summed E-state index contributed by atoms with van der Waals surface area (Å²) in [5.74, 6) is 0.273. The fraction of sp³-hybridized carbons (Fsp3) is 0.833. The van der Waals surface area contributed by atoms with E-state index in [-0.39, 0.29) is 6.03 Å². The zero-order valence-electron chi connectivity index (χ0n) is 11.0. The normalized spacial score (nSPS) is 21.4. The number of nitrogens with zero attached hydrogens (tertiary/aromatic N) is 1. The first-order chi connectivity index (χ1) is 8.54. The molecule has 0 aromatic heterocycles. The van der Waals surface area contributed by atoms with E-state index in [0.29, 0.717) is 12.3 Å². The summed E-state index contributed by atoms with van der Waals surface area (Å²) in [6, 6.07) is -1.02. The Balaban J connectivity index is 2.46. The van der Waals surface area contributed by atoms with Crippen molar-refractivity contribution in [3.8, 4) is 0 Å². The maximum absolute atomic E-state index is 12.0. The molecule has 2 N–H and O–H groups in total. The maximum atomic E-state index is 12.0. The Hall–Kier alpha value is -0.910. The van der Waals surface area contributed by atoms with Crippen molar-refractivity contribution in [1.82, 2.24) is 10.2 Å². The molecule has 2 amide bonds. The van der Waals surface area contributed by atoms with E-state index in [1.165, 1.54) is 0 Å². The third-order valence-electron chi connectivity index (χ3n) is 3.15. The number of likely N-dealkylation sites (tertiary alicyclic amines) is 1. The van der Waals surface area contributed by atoms with Crippen LogP contribution in [0.2, 0.25) is 0 Å². The first-order valence-corrected chi connectivity index (χ1v) is 7.71. The molecule has 6 heteroatoms. The highest BCUT2D eigenvalue weighted by Crippen LogP contribution is 2.15. The molecule has 0 saturated carbocycles. The number of piperidine rings is 1. The van der Waals surface area contributed by atoms with Gasteiger partial charge in [0.05, 0.1) is 0 Å². The zero-order chi connectivity index (χ0) is 13.5. The summed E-state index contributed by atoms with van der Waals surface area (Å²) in [5.41, 5.74) is 0. The van der Waals surface area contributed by atoms with Gasteiger partial charge in [-0.2, -0.15) is 11.8 Å². The van der Waals surface area contributed by atoms with Crippen LogP contribution in [0, 0.1) is 5.92 Å². The van der Waals surface area contributed by atoms with Crippen LogP contribution >= 0.6 is 11.8 Å². The lowest BCUT2D eigenvalue weighted by molar-refractivity contribution is -0.139. The van der Waals surface area contributed by atoms with Crippen LogP contribution in [-0.4, -0.2) is 53.1 Å². The van der Waals surface area contributed by atoms with E-state index in [0.717, 1.165) is 31.7 Å². The predicted octanol–water partition coefficient (Wildman–Crippen LogP) is 1.63. The lowest BCUT2D eigenvalue weighted by Crippen LogP contribution is -2.50. The Labute approximate surface area is 112 Å². The lowest BCUT2D eigenvalue weighted by atomic mass is 10.0. The van der Waals surface area contributed by atoms with Crippen LogP contribution in [0.5, 0.6) is 0 Å². The molecule has 1 unspecified atom stereocenters. The Morgan fingerprint density at radius 2 is 2.28 bits per heavy atom. The third-order valence-corrected chi connectivity index (χ3v) is 3.79. The predicted molar refractivity (Wildman–Crippen MR) is 72.9 cm³/mol. The summed E-state index contributed by atoms with van der Waals surface area (Å²) in [5, 5.41) is 11.7. The van der Waals surface area contributed by atoms with Crippen molar-refractivity contribution in [2.24, 2.45) is 5.92 Å². The van der Waals surface area contributed by atoms with Crippen molar-refractivity contribution in [3.63, 3.8) is 0 Å². The van der Waals surface area contributed by atoms with E-state index in [1.54, 1.807) is 16.7 Å². The minimum atomic E-state index is -0.956. The van der Waals surface area contributed by atoms with Gasteiger partial charge in [-0.1, -0.05) is 6.92 Å². The molecule has 0 aliphatic carbocycles. The van der Waals surface area contributed by atoms with E-state index < -0.39 is 12.0 Å². The molecule has 1 rings (SSSR count). The van der Waals surface area contributed by atoms with Crippen LogP contribution in [0.25, 0.3) is 0 Å². The molecule has 1 fully saturated rings. The van der Waals surface area contributed by atoms with Gasteiger partial charge in [0.2, 0.25) is 0 Å². The summed E-state index contributed by atoms with van der Waals surface area (Å²) >= 11 is 1.58. The summed E-state index contributed by atoms with van der Waals surface area (Å²) in [6.07, 6.45) is 4.52. The largest absolute Gasteiger partial charge is 0.480 e. The minimum Gasteiger partial charge on any atom is -0.480 e. The highest BCUT2D eigenvalue weighted by atomic mass is 32.2. The van der Waals surface area contributed by atoms with Gasteiger partial charge in [-0.15, -0.1) is 0 Å². The molecule has 104 valence electrons. The Morgan fingerprint density at radius 3 is 2.83 bits per heavy atom. The Morgan fingerprint density at radius 1 is 1.56 bits per heavy atom. The number of thioether (sulfide) groups is 1. The van der Waals surface area contributed by atoms with E-state index in [4.69, 9.17) is 5.11 Å². The van der Waals surface area contributed by atoms with Crippen LogP contribution < -0.4 is 5.32 Å². The van der Waals surface area contributed by atoms with E-state index in [2.05, 4.69) is 12.2 Å². The smallest absolute Gasteiger partial charge is 0.326 e. The zero-order valence-corrected chi connectivity index (χ0v) is 11.8. The number of aliphatic carboxylic acids is 1. The number of rotatable bonds is 5. The molecule has 0 spiro atoms. The highest BCUT2D eigenvalue weighted by Gasteiger charge is 2.25. The number of carboxylic acid groups (broad SMARTS) is 1. The van der Waals surface area contributed by atoms with E-state index >= 15 is 0 Å². The Bertz CT molecular complexity index is 299. The SMILES string of the molecule is CSCC[C@@H](NC(=O)N1CCCC(C)C1)C(=O)O. The standard InChI is InChI=1S/C12H22N2O3S/c1-9-4-3-6-14(8-9)12(17)13-10(11(15)16)5-7-18-2/h9-10H,3-8H2,1-2H3,(H,13,17)(H,15,16)/t9?,10-/m1/s1. The van der Waals surface area contributed by atoms with Crippen molar-refractivity contribution in [3.05, 3.63) is 0 Å². The molecule has 1 aliphatic heterocycles. The molecular formula is C12H22N2O3S. The highest BCUT2D eigenvalue weighted by molar-refractivity contribution is 7.98. The first kappa shape index (κ1) is 15.1. The van der Waals surface area contributed by atoms with Crippen molar-refractivity contribution in [1.29, 1.82) is 0 Å². The van der Waals surface area contributed by atoms with Crippen molar-refractivity contribution >= 4 is 23.8 Å². The number of hydrogen-bond donors (Lipinski definition) is 2. The van der Waals surface area contributed by atoms with Gasteiger partial charge in [-0.05, 0) is 37.2 Å². The molecule has 1 aliphatic rings. The molecule has 0 aromatic carbocycles. The number of nitrogens with one attached hydrogen (secondary N) is 1. The number of amides is 2. The maximum Gasteiger partial charge on any atom is 0.326 e. The lowest BCUT2D eigenvalue weighted by Gasteiger charge is -2.31. The number of carbonyl (C=O) groups excluding carboxylic acids is 1. The molecule has 0 aromatic rings. The van der Waals surface area contributed by atoms with Gasteiger partial charge in [0, 0.05) is 13.1 Å². The molecule has 1 heterocycles. The molecule has 0 bridgehead atoms. The molecule has 2 atom stereocenters. The second-order valence-corrected chi connectivity index (χ2v) is 5.80. The molecule has 5 nitrogen and oxygen atoms in total. The van der Waals surface area contributed by atoms with Gasteiger partial charge in [0.25, 0.3) is 0 Å². The van der Waals surface area contributed by atoms with Gasteiger partial charge < -0.3 is 15.3 Å². The van der Waals surface area contributed by atoms with Crippen molar-refractivity contribution in [2.75, 3.05) is 25.1 Å². The van der Waals surface area contributed by atoms with Crippen LogP contribution in [0.4, 0.5) is 4.79 Å². The van der Waals surface area contributed by atoms with Crippen LogP contribution in [0.3, 0.4) is 0 Å². The second-order valence-electron chi connectivity index (χ2n) is 4.82. The summed E-state index contributed by atoms with van der Waals surface area (Å²) in [7, 11) is 0. The molecule has 0 radical (unpaired) electrons. The van der Waals surface area contributed by atoms with Gasteiger partial charge in [0.15, 0.2) is 0 Å². The third kappa shape index (κ3) is 4.76. The number of carboxylic acids is 1. The topological polar surface area (TPSA) is 69.6 Å².